The number of aryl methyl sites for hydroxylation is 1. The molecule has 3 nitrogen and oxygen atoms in total. The van der Waals surface area contributed by atoms with Gasteiger partial charge in [-0.15, -0.1) is 0 Å². The third-order valence-corrected chi connectivity index (χ3v) is 2.29. The third-order valence-electron chi connectivity index (χ3n) is 2.29. The Labute approximate surface area is 91.7 Å². The number of halogens is 2. The average molecular weight is 223 g/mol. The van der Waals surface area contributed by atoms with Gasteiger partial charge in [-0.1, -0.05) is 13.0 Å². The molecule has 0 saturated heterocycles. The first-order valence-electron chi connectivity index (χ1n) is 4.99. The summed E-state index contributed by atoms with van der Waals surface area (Å²) in [7, 11) is 0. The van der Waals surface area contributed by atoms with E-state index in [0.29, 0.717) is 5.82 Å². The molecule has 0 fully saturated rings. The first-order chi connectivity index (χ1) is 7.70. The van der Waals surface area contributed by atoms with E-state index in [1.54, 1.807) is 12.3 Å². The number of nitrogens with zero attached hydrogens (tertiary/aromatic N) is 3. The molecule has 84 valence electrons. The number of aromatic nitrogens is 3. The molecule has 2 heterocycles. The van der Waals surface area contributed by atoms with Gasteiger partial charge in [0.1, 0.15) is 5.69 Å². The minimum atomic E-state index is -2.55. The van der Waals surface area contributed by atoms with Crippen LogP contribution >= 0.6 is 0 Å². The molecule has 0 saturated carbocycles. The summed E-state index contributed by atoms with van der Waals surface area (Å²) in [6.45, 7) is 2.03. The number of pyridine rings is 1. The summed E-state index contributed by atoms with van der Waals surface area (Å²) < 4.78 is 26.0. The predicted molar refractivity (Wildman–Crippen MR) is 55.7 cm³/mol. The van der Waals surface area contributed by atoms with E-state index in [9.17, 15) is 8.78 Å². The third kappa shape index (κ3) is 2.08. The molecule has 0 atom stereocenters. The molecule has 0 aromatic carbocycles. The molecule has 0 aliphatic rings. The maximum atomic E-state index is 12.3. The van der Waals surface area contributed by atoms with Gasteiger partial charge in [0.25, 0.3) is 6.43 Å². The van der Waals surface area contributed by atoms with E-state index in [2.05, 4.69) is 10.1 Å². The Morgan fingerprint density at radius 2 is 2.12 bits per heavy atom. The van der Waals surface area contributed by atoms with Crippen molar-refractivity contribution in [3.63, 3.8) is 0 Å². The summed E-state index contributed by atoms with van der Waals surface area (Å²) in [6, 6.07) is 4.97. The molecule has 0 N–H and O–H groups in total. The van der Waals surface area contributed by atoms with Gasteiger partial charge in [0.05, 0.1) is 0 Å². The predicted octanol–water partition coefficient (Wildman–Crippen LogP) is 2.77. The zero-order chi connectivity index (χ0) is 11.5. The molecule has 0 aliphatic carbocycles. The van der Waals surface area contributed by atoms with Crippen LogP contribution in [0.5, 0.6) is 0 Å². The normalized spacial score (nSPS) is 11.0. The van der Waals surface area contributed by atoms with Gasteiger partial charge in [0.15, 0.2) is 5.82 Å². The second-order valence-corrected chi connectivity index (χ2v) is 3.36. The molecule has 5 heteroatoms. The molecule has 0 aliphatic heterocycles. The lowest BCUT2D eigenvalue weighted by Crippen LogP contribution is -1.99. The van der Waals surface area contributed by atoms with Crippen molar-refractivity contribution < 1.29 is 8.78 Å². The fourth-order valence-electron chi connectivity index (χ4n) is 1.34. The van der Waals surface area contributed by atoms with Crippen LogP contribution in [0, 0.1) is 0 Å². The average Bonchev–Trinajstić information content (AvgIpc) is 2.78. The Morgan fingerprint density at radius 1 is 1.31 bits per heavy atom. The zero-order valence-corrected chi connectivity index (χ0v) is 8.77. The molecule has 0 unspecified atom stereocenters. The Balaban J connectivity index is 2.28. The van der Waals surface area contributed by atoms with Crippen LogP contribution in [-0.4, -0.2) is 14.8 Å². The Morgan fingerprint density at radius 3 is 2.62 bits per heavy atom. The molecule has 2 aromatic rings. The largest absolute Gasteiger partial charge is 0.282 e. The van der Waals surface area contributed by atoms with E-state index in [-0.39, 0.29) is 5.69 Å². The van der Waals surface area contributed by atoms with Crippen molar-refractivity contribution in [2.45, 2.75) is 19.8 Å². The van der Waals surface area contributed by atoms with Crippen LogP contribution in [-0.2, 0) is 6.42 Å². The topological polar surface area (TPSA) is 30.7 Å². The summed E-state index contributed by atoms with van der Waals surface area (Å²) in [5.41, 5.74) is 0.867. The highest BCUT2D eigenvalue weighted by Crippen LogP contribution is 2.16. The molecule has 2 aromatic heterocycles. The maximum Gasteiger partial charge on any atom is 0.282 e. The molecule has 16 heavy (non-hydrogen) atoms. The lowest BCUT2D eigenvalue weighted by atomic mass is 10.2. The van der Waals surface area contributed by atoms with Crippen molar-refractivity contribution in [1.29, 1.82) is 0 Å². The van der Waals surface area contributed by atoms with Crippen molar-refractivity contribution in [2.24, 2.45) is 0 Å². The van der Waals surface area contributed by atoms with Crippen molar-refractivity contribution in [3.8, 4) is 5.82 Å². The van der Waals surface area contributed by atoms with Crippen molar-refractivity contribution in [1.82, 2.24) is 14.8 Å². The van der Waals surface area contributed by atoms with Gasteiger partial charge in [-0.2, -0.15) is 5.10 Å². The van der Waals surface area contributed by atoms with Crippen LogP contribution in [0.15, 0.2) is 30.6 Å². The van der Waals surface area contributed by atoms with Gasteiger partial charge in [-0.25, -0.2) is 18.4 Å². The highest BCUT2D eigenvalue weighted by molar-refractivity contribution is 5.25. The molecule has 2 rings (SSSR count). The van der Waals surface area contributed by atoms with Gasteiger partial charge in [0, 0.05) is 12.4 Å². The second kappa shape index (κ2) is 4.38. The molecular weight excluding hydrogens is 212 g/mol. The van der Waals surface area contributed by atoms with Gasteiger partial charge >= 0.3 is 0 Å². The zero-order valence-electron chi connectivity index (χ0n) is 8.77. The SMILES string of the molecule is CCc1ccc(-n2ccc(C(F)F)n2)nc1. The standard InChI is InChI=1S/C11H11F2N3/c1-2-8-3-4-10(14-7-8)16-6-5-9(15-16)11(12)13/h3-7,11H,2H2,1H3. The van der Waals surface area contributed by atoms with E-state index in [0.717, 1.165) is 12.0 Å². The molecule has 0 spiro atoms. The van der Waals surface area contributed by atoms with E-state index in [4.69, 9.17) is 0 Å². The minimum absolute atomic E-state index is 0.235. The van der Waals surface area contributed by atoms with E-state index in [1.807, 2.05) is 13.0 Å². The monoisotopic (exact) mass is 223 g/mol. The Kier molecular flexibility index (Phi) is 2.94. The van der Waals surface area contributed by atoms with Crippen LogP contribution in [0.2, 0.25) is 0 Å². The van der Waals surface area contributed by atoms with Gasteiger partial charge in [-0.3, -0.25) is 0 Å². The first kappa shape index (κ1) is 10.7. The maximum absolute atomic E-state index is 12.3. The minimum Gasteiger partial charge on any atom is -0.237 e. The number of rotatable bonds is 3. The van der Waals surface area contributed by atoms with Gasteiger partial charge in [-0.05, 0) is 24.1 Å². The fourth-order valence-corrected chi connectivity index (χ4v) is 1.34. The number of hydrogen-bond donors (Lipinski definition) is 0. The molecular formula is C11H11F2N3. The van der Waals surface area contributed by atoms with E-state index in [1.165, 1.54) is 16.9 Å². The fraction of sp³-hybridized carbons (Fsp3) is 0.273. The smallest absolute Gasteiger partial charge is 0.237 e. The highest BCUT2D eigenvalue weighted by atomic mass is 19.3. The highest BCUT2D eigenvalue weighted by Gasteiger charge is 2.11. The lowest BCUT2D eigenvalue weighted by Gasteiger charge is -2.01. The first-order valence-corrected chi connectivity index (χ1v) is 4.99. The summed E-state index contributed by atoms with van der Waals surface area (Å²) in [6.07, 6.45) is 1.56. The van der Waals surface area contributed by atoms with Crippen LogP contribution in [0.25, 0.3) is 5.82 Å². The van der Waals surface area contributed by atoms with Crippen LogP contribution in [0.1, 0.15) is 24.6 Å². The quantitative estimate of drug-likeness (QED) is 0.801. The van der Waals surface area contributed by atoms with Gasteiger partial charge < -0.3 is 0 Å². The summed E-state index contributed by atoms with van der Waals surface area (Å²) in [4.78, 5) is 4.15. The lowest BCUT2D eigenvalue weighted by molar-refractivity contribution is 0.145. The van der Waals surface area contributed by atoms with Crippen molar-refractivity contribution in [3.05, 3.63) is 41.9 Å². The summed E-state index contributed by atoms with van der Waals surface area (Å²) in [5, 5.41) is 3.74. The number of alkyl halides is 2. The Hall–Kier alpha value is -1.78. The van der Waals surface area contributed by atoms with Crippen molar-refractivity contribution in [2.75, 3.05) is 0 Å². The summed E-state index contributed by atoms with van der Waals surface area (Å²) >= 11 is 0. The summed E-state index contributed by atoms with van der Waals surface area (Å²) in [5.74, 6) is 0.545. The number of hydrogen-bond acceptors (Lipinski definition) is 2. The molecule has 0 bridgehead atoms. The second-order valence-electron chi connectivity index (χ2n) is 3.36. The van der Waals surface area contributed by atoms with Crippen molar-refractivity contribution >= 4 is 0 Å². The van der Waals surface area contributed by atoms with Gasteiger partial charge in [0.2, 0.25) is 0 Å². The van der Waals surface area contributed by atoms with Crippen LogP contribution < -0.4 is 0 Å². The Bertz CT molecular complexity index is 462. The van der Waals surface area contributed by atoms with E-state index >= 15 is 0 Å². The van der Waals surface area contributed by atoms with Crippen LogP contribution in [0.3, 0.4) is 0 Å². The van der Waals surface area contributed by atoms with Crippen LogP contribution in [0.4, 0.5) is 8.78 Å². The van der Waals surface area contributed by atoms with E-state index < -0.39 is 6.43 Å². The molecule has 0 radical (unpaired) electrons. The molecule has 0 amide bonds.